The SMILES string of the molecule is CC(C)c1ccc(NC2=CC(=O)CO2)cc1. The zero-order valence-corrected chi connectivity index (χ0v) is 9.49. The van der Waals surface area contributed by atoms with Crippen LogP contribution in [0.25, 0.3) is 0 Å². The summed E-state index contributed by atoms with van der Waals surface area (Å²) in [6, 6.07) is 8.12. The van der Waals surface area contributed by atoms with Gasteiger partial charge >= 0.3 is 0 Å². The molecule has 16 heavy (non-hydrogen) atoms. The van der Waals surface area contributed by atoms with Gasteiger partial charge in [-0.25, -0.2) is 0 Å². The van der Waals surface area contributed by atoms with Gasteiger partial charge < -0.3 is 10.1 Å². The monoisotopic (exact) mass is 217 g/mol. The van der Waals surface area contributed by atoms with Crippen molar-refractivity contribution >= 4 is 11.5 Å². The first-order chi connectivity index (χ1) is 7.65. The molecule has 1 aliphatic heterocycles. The number of rotatable bonds is 3. The number of benzene rings is 1. The average molecular weight is 217 g/mol. The summed E-state index contributed by atoms with van der Waals surface area (Å²) in [5, 5.41) is 3.06. The molecule has 0 aliphatic carbocycles. The number of nitrogens with one attached hydrogen (secondary N) is 1. The molecule has 0 radical (unpaired) electrons. The van der Waals surface area contributed by atoms with Crippen LogP contribution in [0.3, 0.4) is 0 Å². The number of hydrogen-bond acceptors (Lipinski definition) is 3. The van der Waals surface area contributed by atoms with E-state index in [1.54, 1.807) is 0 Å². The molecule has 2 rings (SSSR count). The van der Waals surface area contributed by atoms with Gasteiger partial charge in [-0.05, 0) is 23.6 Å². The zero-order valence-electron chi connectivity index (χ0n) is 9.49. The lowest BCUT2D eigenvalue weighted by atomic mass is 10.0. The van der Waals surface area contributed by atoms with Crippen molar-refractivity contribution in [2.24, 2.45) is 0 Å². The van der Waals surface area contributed by atoms with Gasteiger partial charge in [0, 0.05) is 11.8 Å². The third-order valence-electron chi connectivity index (χ3n) is 2.51. The molecular formula is C13H15NO2. The Morgan fingerprint density at radius 3 is 2.44 bits per heavy atom. The molecule has 0 saturated heterocycles. The number of carbonyl (C=O) groups excluding carboxylic acids is 1. The molecule has 3 nitrogen and oxygen atoms in total. The van der Waals surface area contributed by atoms with Crippen LogP contribution in [0.15, 0.2) is 36.2 Å². The minimum Gasteiger partial charge on any atom is -0.470 e. The second-order valence-electron chi connectivity index (χ2n) is 4.17. The van der Waals surface area contributed by atoms with Gasteiger partial charge in [-0.15, -0.1) is 0 Å². The van der Waals surface area contributed by atoms with Gasteiger partial charge in [0.1, 0.15) is 0 Å². The quantitative estimate of drug-likeness (QED) is 0.845. The highest BCUT2D eigenvalue weighted by molar-refractivity contribution is 5.93. The summed E-state index contributed by atoms with van der Waals surface area (Å²) in [5.74, 6) is 1.06. The van der Waals surface area contributed by atoms with E-state index in [0.717, 1.165) is 5.69 Å². The van der Waals surface area contributed by atoms with E-state index in [2.05, 4.69) is 31.3 Å². The fourth-order valence-electron chi connectivity index (χ4n) is 1.54. The molecule has 0 amide bonds. The van der Waals surface area contributed by atoms with Crippen molar-refractivity contribution < 1.29 is 9.53 Å². The van der Waals surface area contributed by atoms with E-state index in [1.807, 2.05) is 12.1 Å². The maximum atomic E-state index is 10.9. The molecule has 1 N–H and O–H groups in total. The van der Waals surface area contributed by atoms with Crippen LogP contribution in [0.1, 0.15) is 25.3 Å². The normalized spacial score (nSPS) is 14.9. The predicted molar refractivity (Wildman–Crippen MR) is 63.2 cm³/mol. The highest BCUT2D eigenvalue weighted by Gasteiger charge is 2.12. The summed E-state index contributed by atoms with van der Waals surface area (Å²) in [6.07, 6.45) is 1.48. The molecule has 3 heteroatoms. The van der Waals surface area contributed by atoms with Gasteiger partial charge in [-0.2, -0.15) is 0 Å². The van der Waals surface area contributed by atoms with Crippen LogP contribution >= 0.6 is 0 Å². The minimum absolute atomic E-state index is 0.00120. The van der Waals surface area contributed by atoms with Crippen LogP contribution in [0.4, 0.5) is 5.69 Å². The largest absolute Gasteiger partial charge is 0.470 e. The second kappa shape index (κ2) is 4.39. The van der Waals surface area contributed by atoms with Crippen molar-refractivity contribution in [3.63, 3.8) is 0 Å². The van der Waals surface area contributed by atoms with E-state index < -0.39 is 0 Å². The molecule has 0 fully saturated rings. The summed E-state index contributed by atoms with van der Waals surface area (Å²) in [6.45, 7) is 4.46. The van der Waals surface area contributed by atoms with Crippen molar-refractivity contribution in [1.29, 1.82) is 0 Å². The van der Waals surface area contributed by atoms with Crippen LogP contribution in [-0.2, 0) is 9.53 Å². The van der Waals surface area contributed by atoms with Crippen LogP contribution < -0.4 is 5.32 Å². The summed E-state index contributed by atoms with van der Waals surface area (Å²) in [4.78, 5) is 10.9. The van der Waals surface area contributed by atoms with Crippen molar-refractivity contribution in [2.75, 3.05) is 11.9 Å². The van der Waals surface area contributed by atoms with Crippen LogP contribution in [-0.4, -0.2) is 12.4 Å². The summed E-state index contributed by atoms with van der Waals surface area (Å²) in [7, 11) is 0. The Balaban J connectivity index is 2.05. The van der Waals surface area contributed by atoms with Gasteiger partial charge in [0.15, 0.2) is 18.3 Å². The fraction of sp³-hybridized carbons (Fsp3) is 0.308. The first-order valence-electron chi connectivity index (χ1n) is 5.39. The van der Waals surface area contributed by atoms with Crippen LogP contribution in [0.2, 0.25) is 0 Å². The average Bonchev–Trinajstić information content (AvgIpc) is 2.65. The van der Waals surface area contributed by atoms with Gasteiger partial charge in [-0.1, -0.05) is 26.0 Å². The molecule has 1 heterocycles. The molecule has 84 valence electrons. The van der Waals surface area contributed by atoms with E-state index >= 15 is 0 Å². The second-order valence-corrected chi connectivity index (χ2v) is 4.17. The van der Waals surface area contributed by atoms with E-state index in [0.29, 0.717) is 11.8 Å². The third kappa shape index (κ3) is 2.42. The Morgan fingerprint density at radius 1 is 1.25 bits per heavy atom. The number of hydrogen-bond donors (Lipinski definition) is 1. The van der Waals surface area contributed by atoms with E-state index in [9.17, 15) is 4.79 Å². The van der Waals surface area contributed by atoms with Crippen molar-refractivity contribution in [1.82, 2.24) is 0 Å². The number of ether oxygens (including phenoxy) is 1. The molecule has 0 unspecified atom stereocenters. The molecular weight excluding hydrogens is 202 g/mol. The van der Waals surface area contributed by atoms with Gasteiger partial charge in [-0.3, -0.25) is 4.79 Å². The van der Waals surface area contributed by atoms with E-state index in [-0.39, 0.29) is 12.4 Å². The number of ketones is 1. The lowest BCUT2D eigenvalue weighted by molar-refractivity contribution is -0.115. The topological polar surface area (TPSA) is 38.3 Å². The van der Waals surface area contributed by atoms with E-state index in [4.69, 9.17) is 4.74 Å². The highest BCUT2D eigenvalue weighted by atomic mass is 16.5. The maximum Gasteiger partial charge on any atom is 0.198 e. The Kier molecular flexibility index (Phi) is 2.95. The van der Waals surface area contributed by atoms with Crippen molar-refractivity contribution in [3.8, 4) is 0 Å². The van der Waals surface area contributed by atoms with Gasteiger partial charge in [0.25, 0.3) is 0 Å². The van der Waals surface area contributed by atoms with Crippen LogP contribution in [0.5, 0.6) is 0 Å². The molecule has 1 aliphatic rings. The van der Waals surface area contributed by atoms with Gasteiger partial charge in [0.2, 0.25) is 0 Å². The summed E-state index contributed by atoms with van der Waals surface area (Å²) in [5.41, 5.74) is 2.23. The first-order valence-corrected chi connectivity index (χ1v) is 5.39. The Hall–Kier alpha value is -1.77. The lowest BCUT2D eigenvalue weighted by Crippen LogP contribution is -2.00. The van der Waals surface area contributed by atoms with Gasteiger partial charge in [0.05, 0.1) is 0 Å². The smallest absolute Gasteiger partial charge is 0.198 e. The summed E-state index contributed by atoms with van der Waals surface area (Å²) < 4.78 is 5.15. The first kappa shape index (κ1) is 10.7. The molecule has 0 atom stereocenters. The number of anilines is 1. The molecule has 1 aromatic rings. The Morgan fingerprint density at radius 2 is 1.94 bits per heavy atom. The van der Waals surface area contributed by atoms with E-state index in [1.165, 1.54) is 11.6 Å². The lowest BCUT2D eigenvalue weighted by Gasteiger charge is -2.09. The zero-order chi connectivity index (χ0) is 11.5. The minimum atomic E-state index is 0.00120. The highest BCUT2D eigenvalue weighted by Crippen LogP contribution is 2.19. The third-order valence-corrected chi connectivity index (χ3v) is 2.51. The molecule has 0 bridgehead atoms. The van der Waals surface area contributed by atoms with Crippen LogP contribution in [0, 0.1) is 0 Å². The standard InChI is InChI=1S/C13H15NO2/c1-9(2)10-3-5-11(6-4-10)14-13-7-12(15)8-16-13/h3-7,9,14H,8H2,1-2H3. The molecule has 0 spiro atoms. The van der Waals surface area contributed by atoms with Crippen molar-refractivity contribution in [2.45, 2.75) is 19.8 Å². The molecule has 0 saturated carbocycles. The Labute approximate surface area is 95.1 Å². The molecule has 1 aromatic carbocycles. The predicted octanol–water partition coefficient (Wildman–Crippen LogP) is 2.66. The Bertz CT molecular complexity index is 418. The van der Waals surface area contributed by atoms with Crippen molar-refractivity contribution in [3.05, 3.63) is 41.8 Å². The molecule has 0 aromatic heterocycles. The number of carbonyl (C=O) groups is 1. The fourth-order valence-corrected chi connectivity index (χ4v) is 1.54. The summed E-state index contributed by atoms with van der Waals surface area (Å²) >= 11 is 0. The maximum absolute atomic E-state index is 10.9.